The van der Waals surface area contributed by atoms with Crippen molar-refractivity contribution in [1.29, 1.82) is 0 Å². The van der Waals surface area contributed by atoms with Gasteiger partial charge >= 0.3 is 0 Å². The monoisotopic (exact) mass is 198 g/mol. The third-order valence-corrected chi connectivity index (χ3v) is 2.83. The molecule has 0 saturated heterocycles. The Morgan fingerprint density at radius 3 is 2.71 bits per heavy atom. The molecule has 1 fully saturated rings. The molecular weight excluding hydrogens is 176 g/mol. The van der Waals surface area contributed by atoms with E-state index in [2.05, 4.69) is 12.2 Å². The van der Waals surface area contributed by atoms with E-state index in [0.29, 0.717) is 12.5 Å². The molecule has 1 saturated carbocycles. The van der Waals surface area contributed by atoms with Crippen LogP contribution in [0.4, 0.5) is 0 Å². The molecule has 1 amide bonds. The van der Waals surface area contributed by atoms with Crippen LogP contribution in [-0.2, 0) is 4.79 Å². The molecule has 3 N–H and O–H groups in total. The maximum absolute atomic E-state index is 11.4. The molecule has 1 aliphatic carbocycles. The molecule has 0 aromatic heterocycles. The lowest BCUT2D eigenvalue weighted by atomic mass is 10.1. The minimum atomic E-state index is 0.210. The van der Waals surface area contributed by atoms with E-state index >= 15 is 0 Å². The van der Waals surface area contributed by atoms with E-state index < -0.39 is 0 Å². The number of carbonyl (C=O) groups excluding carboxylic acids is 1. The van der Waals surface area contributed by atoms with Gasteiger partial charge in [0.05, 0.1) is 0 Å². The van der Waals surface area contributed by atoms with Gasteiger partial charge < -0.3 is 11.1 Å². The van der Waals surface area contributed by atoms with Gasteiger partial charge in [0.2, 0.25) is 5.91 Å². The van der Waals surface area contributed by atoms with Crippen LogP contribution in [0.3, 0.4) is 0 Å². The minimum absolute atomic E-state index is 0.210. The van der Waals surface area contributed by atoms with Crippen LogP contribution < -0.4 is 11.1 Å². The highest BCUT2D eigenvalue weighted by Gasteiger charge is 2.28. The summed E-state index contributed by atoms with van der Waals surface area (Å²) in [7, 11) is 0. The van der Waals surface area contributed by atoms with Crippen molar-refractivity contribution in [3.05, 3.63) is 0 Å². The second kappa shape index (κ2) is 6.02. The lowest BCUT2D eigenvalue weighted by molar-refractivity contribution is -0.121. The summed E-state index contributed by atoms with van der Waals surface area (Å²) >= 11 is 0. The van der Waals surface area contributed by atoms with Crippen molar-refractivity contribution in [3.8, 4) is 0 Å². The van der Waals surface area contributed by atoms with Crippen LogP contribution in [0.5, 0.6) is 0 Å². The molecule has 82 valence electrons. The quantitative estimate of drug-likeness (QED) is 0.608. The van der Waals surface area contributed by atoms with Crippen LogP contribution in [0.15, 0.2) is 0 Å². The number of hydrogen-bond donors (Lipinski definition) is 2. The minimum Gasteiger partial charge on any atom is -0.353 e. The Morgan fingerprint density at radius 2 is 2.14 bits per heavy atom. The van der Waals surface area contributed by atoms with E-state index in [-0.39, 0.29) is 5.91 Å². The first kappa shape index (κ1) is 11.5. The van der Waals surface area contributed by atoms with Gasteiger partial charge in [-0.15, -0.1) is 0 Å². The third kappa shape index (κ3) is 4.61. The van der Waals surface area contributed by atoms with E-state index in [1.54, 1.807) is 0 Å². The molecule has 1 unspecified atom stereocenters. The lowest BCUT2D eigenvalue weighted by Crippen LogP contribution is -2.33. The van der Waals surface area contributed by atoms with E-state index in [1.165, 1.54) is 12.8 Å². The first-order valence-corrected chi connectivity index (χ1v) is 5.73. The predicted molar refractivity (Wildman–Crippen MR) is 57.9 cm³/mol. The Morgan fingerprint density at radius 1 is 1.43 bits per heavy atom. The molecule has 14 heavy (non-hydrogen) atoms. The summed E-state index contributed by atoms with van der Waals surface area (Å²) in [6.45, 7) is 2.84. The molecule has 0 aliphatic heterocycles. The van der Waals surface area contributed by atoms with Crippen LogP contribution in [0.25, 0.3) is 0 Å². The summed E-state index contributed by atoms with van der Waals surface area (Å²) in [6, 6.07) is 0.386. The number of amides is 1. The van der Waals surface area contributed by atoms with Gasteiger partial charge in [0.1, 0.15) is 0 Å². The molecule has 3 heteroatoms. The van der Waals surface area contributed by atoms with Crippen LogP contribution >= 0.6 is 0 Å². The van der Waals surface area contributed by atoms with Crippen LogP contribution in [0.2, 0.25) is 0 Å². The van der Waals surface area contributed by atoms with Gasteiger partial charge in [0, 0.05) is 12.5 Å². The van der Waals surface area contributed by atoms with Gasteiger partial charge in [-0.05, 0) is 45.1 Å². The second-order valence-corrected chi connectivity index (χ2v) is 4.29. The number of unbranched alkanes of at least 4 members (excludes halogenated alkanes) is 2. The lowest BCUT2D eigenvalue weighted by Gasteiger charge is -2.12. The fraction of sp³-hybridized carbons (Fsp3) is 0.909. The standard InChI is InChI=1S/C11H22N2O/c1-9(10-6-7-10)13-11(14)5-3-2-4-8-12/h9-10H,2-8,12H2,1H3,(H,13,14). The molecule has 0 aromatic rings. The fourth-order valence-corrected chi connectivity index (χ4v) is 1.65. The molecule has 1 atom stereocenters. The Hall–Kier alpha value is -0.570. The van der Waals surface area contributed by atoms with Gasteiger partial charge in [-0.3, -0.25) is 4.79 Å². The molecule has 0 bridgehead atoms. The molecule has 1 aliphatic rings. The summed E-state index contributed by atoms with van der Waals surface area (Å²) in [5, 5.41) is 3.05. The average Bonchev–Trinajstić information content (AvgIpc) is 2.95. The van der Waals surface area contributed by atoms with Gasteiger partial charge in [-0.2, -0.15) is 0 Å². The number of nitrogens with two attached hydrogens (primary N) is 1. The summed E-state index contributed by atoms with van der Waals surface area (Å²) in [4.78, 5) is 11.4. The maximum atomic E-state index is 11.4. The molecule has 1 rings (SSSR count). The molecule has 0 radical (unpaired) electrons. The average molecular weight is 198 g/mol. The molecule has 0 aromatic carbocycles. The predicted octanol–water partition coefficient (Wildman–Crippen LogP) is 1.42. The maximum Gasteiger partial charge on any atom is 0.220 e. The number of hydrogen-bond acceptors (Lipinski definition) is 2. The third-order valence-electron chi connectivity index (χ3n) is 2.83. The number of rotatable bonds is 7. The van der Waals surface area contributed by atoms with Crippen molar-refractivity contribution in [3.63, 3.8) is 0 Å². The van der Waals surface area contributed by atoms with Crippen molar-refractivity contribution in [1.82, 2.24) is 5.32 Å². The zero-order valence-corrected chi connectivity index (χ0v) is 9.09. The van der Waals surface area contributed by atoms with Crippen molar-refractivity contribution in [2.45, 2.75) is 51.5 Å². The van der Waals surface area contributed by atoms with Gasteiger partial charge in [-0.1, -0.05) is 6.42 Å². The first-order chi connectivity index (χ1) is 6.74. The van der Waals surface area contributed by atoms with Gasteiger partial charge in [0.25, 0.3) is 0 Å². The Bertz CT molecular complexity index is 178. The molecule has 0 heterocycles. The van der Waals surface area contributed by atoms with Crippen molar-refractivity contribution in [2.24, 2.45) is 11.7 Å². The van der Waals surface area contributed by atoms with Crippen molar-refractivity contribution < 1.29 is 4.79 Å². The highest BCUT2D eigenvalue weighted by Crippen LogP contribution is 2.32. The van der Waals surface area contributed by atoms with Crippen molar-refractivity contribution >= 4 is 5.91 Å². The fourth-order valence-electron chi connectivity index (χ4n) is 1.65. The topological polar surface area (TPSA) is 55.1 Å². The van der Waals surface area contributed by atoms with Crippen LogP contribution in [0, 0.1) is 5.92 Å². The van der Waals surface area contributed by atoms with E-state index in [9.17, 15) is 4.79 Å². The van der Waals surface area contributed by atoms with E-state index in [0.717, 1.165) is 31.7 Å². The summed E-state index contributed by atoms with van der Waals surface area (Å²) in [6.07, 6.45) is 6.31. The van der Waals surface area contributed by atoms with Crippen LogP contribution in [0.1, 0.15) is 45.4 Å². The SMILES string of the molecule is CC(NC(=O)CCCCCN)C1CC1. The normalized spacial score (nSPS) is 17.9. The highest BCUT2D eigenvalue weighted by molar-refractivity contribution is 5.76. The number of nitrogens with one attached hydrogen (secondary N) is 1. The Balaban J connectivity index is 1.97. The Kier molecular flexibility index (Phi) is 4.94. The van der Waals surface area contributed by atoms with Gasteiger partial charge in [-0.25, -0.2) is 0 Å². The zero-order chi connectivity index (χ0) is 10.4. The molecular formula is C11H22N2O. The second-order valence-electron chi connectivity index (χ2n) is 4.29. The van der Waals surface area contributed by atoms with E-state index in [1.807, 2.05) is 0 Å². The van der Waals surface area contributed by atoms with Crippen LogP contribution in [-0.4, -0.2) is 18.5 Å². The van der Waals surface area contributed by atoms with Crippen molar-refractivity contribution in [2.75, 3.05) is 6.54 Å². The first-order valence-electron chi connectivity index (χ1n) is 5.73. The number of carbonyl (C=O) groups is 1. The zero-order valence-electron chi connectivity index (χ0n) is 9.09. The summed E-state index contributed by atoms with van der Waals surface area (Å²) < 4.78 is 0. The highest BCUT2D eigenvalue weighted by atomic mass is 16.1. The summed E-state index contributed by atoms with van der Waals surface area (Å²) in [5.41, 5.74) is 5.37. The Labute approximate surface area is 86.4 Å². The molecule has 0 spiro atoms. The molecule has 3 nitrogen and oxygen atoms in total. The smallest absolute Gasteiger partial charge is 0.220 e. The summed E-state index contributed by atoms with van der Waals surface area (Å²) in [5.74, 6) is 0.962. The van der Waals surface area contributed by atoms with E-state index in [4.69, 9.17) is 5.73 Å². The largest absolute Gasteiger partial charge is 0.353 e. The van der Waals surface area contributed by atoms with Gasteiger partial charge in [0.15, 0.2) is 0 Å².